The molecule has 1 atom stereocenters. The highest BCUT2D eigenvalue weighted by Gasteiger charge is 2.24. The molecule has 8 heteroatoms. The van der Waals surface area contributed by atoms with Gasteiger partial charge in [0.15, 0.2) is 0 Å². The number of hydrogen-bond donors (Lipinski definition) is 2. The standard InChI is InChI=1S/C21H37N3O5/c1-7-8-9-10-11-12-13-14-15-17(25)22-19(24(6)16(2)18(26)27)23-20(28)29-21(3,4)5/h14-16H,7-13H2,1-6H3,(H,26,27)(H,22,23,25,28)/i6D3. The zero-order chi connectivity index (χ0) is 24.9. The summed E-state index contributed by atoms with van der Waals surface area (Å²) in [4.78, 5) is 39.9. The predicted octanol–water partition coefficient (Wildman–Crippen LogP) is 4.11. The molecule has 0 aliphatic heterocycles. The Hall–Kier alpha value is -2.38. The van der Waals surface area contributed by atoms with Crippen molar-refractivity contribution < 1.29 is 28.3 Å². The van der Waals surface area contributed by atoms with Gasteiger partial charge in [0.25, 0.3) is 0 Å². The molecule has 0 heterocycles. The molecular weight excluding hydrogens is 374 g/mol. The Bertz CT molecular complexity index is 685. The highest BCUT2D eigenvalue weighted by atomic mass is 16.6. The van der Waals surface area contributed by atoms with Crippen LogP contribution < -0.4 is 5.32 Å². The number of carboxylic acids is 1. The number of guanidine groups is 1. The number of carboxylic acid groups (broad SMARTS) is 1. The van der Waals surface area contributed by atoms with E-state index in [0.717, 1.165) is 26.2 Å². The van der Waals surface area contributed by atoms with Crippen molar-refractivity contribution in [3.8, 4) is 0 Å². The summed E-state index contributed by atoms with van der Waals surface area (Å²) in [6.07, 6.45) is 8.97. The average Bonchev–Trinajstić information content (AvgIpc) is 2.60. The first-order chi connectivity index (χ1) is 14.7. The van der Waals surface area contributed by atoms with Gasteiger partial charge in [0.1, 0.15) is 11.6 Å². The van der Waals surface area contributed by atoms with Crippen LogP contribution in [0.3, 0.4) is 0 Å². The molecule has 0 bridgehead atoms. The van der Waals surface area contributed by atoms with Crippen molar-refractivity contribution in [3.63, 3.8) is 0 Å². The number of unbranched alkanes of at least 4 members (excludes halogenated alkanes) is 6. The van der Waals surface area contributed by atoms with E-state index in [-0.39, 0.29) is 0 Å². The lowest BCUT2D eigenvalue weighted by molar-refractivity contribution is -0.141. The summed E-state index contributed by atoms with van der Waals surface area (Å²) in [7, 11) is 0. The van der Waals surface area contributed by atoms with E-state index in [0.29, 0.717) is 11.3 Å². The number of amides is 2. The van der Waals surface area contributed by atoms with Gasteiger partial charge in [-0.1, -0.05) is 45.1 Å². The SMILES string of the molecule is [2H]C([2H])([2H])N(C(=NC(=O)OC(C)(C)C)NC(=O)C=CCCCCCCCC)C(C)C(=O)O. The van der Waals surface area contributed by atoms with E-state index in [1.165, 1.54) is 25.3 Å². The van der Waals surface area contributed by atoms with Crippen LogP contribution >= 0.6 is 0 Å². The lowest BCUT2D eigenvalue weighted by Crippen LogP contribution is -2.48. The predicted molar refractivity (Wildman–Crippen MR) is 114 cm³/mol. The molecule has 166 valence electrons. The van der Waals surface area contributed by atoms with Crippen molar-refractivity contribution in [2.45, 2.75) is 91.2 Å². The van der Waals surface area contributed by atoms with E-state index >= 15 is 0 Å². The van der Waals surface area contributed by atoms with Gasteiger partial charge in [-0.2, -0.15) is 0 Å². The normalized spacial score (nSPS) is 15.2. The lowest BCUT2D eigenvalue weighted by Gasteiger charge is -2.25. The summed E-state index contributed by atoms with van der Waals surface area (Å²) in [5.74, 6) is -2.92. The molecule has 2 N–H and O–H groups in total. The van der Waals surface area contributed by atoms with E-state index in [1.807, 2.05) is 0 Å². The molecule has 8 nitrogen and oxygen atoms in total. The molecule has 0 saturated heterocycles. The molecule has 0 aromatic rings. The number of allylic oxidation sites excluding steroid dienone is 1. The zero-order valence-corrected chi connectivity index (χ0v) is 18.2. The topological polar surface area (TPSA) is 108 Å². The van der Waals surface area contributed by atoms with Gasteiger partial charge in [-0.25, -0.2) is 9.59 Å². The van der Waals surface area contributed by atoms with Gasteiger partial charge >= 0.3 is 12.1 Å². The molecule has 0 aromatic heterocycles. The van der Waals surface area contributed by atoms with Crippen molar-refractivity contribution in [1.82, 2.24) is 10.2 Å². The van der Waals surface area contributed by atoms with Crippen LogP contribution in [0.5, 0.6) is 0 Å². The fourth-order valence-corrected chi connectivity index (χ4v) is 2.19. The Balaban J connectivity index is 5.44. The fraction of sp³-hybridized carbons (Fsp3) is 0.714. The molecule has 0 radical (unpaired) electrons. The summed E-state index contributed by atoms with van der Waals surface area (Å²) < 4.78 is 28.1. The molecule has 0 fully saturated rings. The number of nitrogens with zero attached hydrogens (tertiary/aromatic N) is 2. The number of aliphatic carboxylic acids is 1. The summed E-state index contributed by atoms with van der Waals surface area (Å²) in [6, 6.07) is -1.60. The van der Waals surface area contributed by atoms with Crippen LogP contribution in [0.2, 0.25) is 0 Å². The minimum absolute atomic E-state index is 0.388. The van der Waals surface area contributed by atoms with Gasteiger partial charge in [-0.3, -0.25) is 10.1 Å². The van der Waals surface area contributed by atoms with Gasteiger partial charge in [-0.15, -0.1) is 4.99 Å². The summed E-state index contributed by atoms with van der Waals surface area (Å²) in [5, 5.41) is 11.5. The number of nitrogens with one attached hydrogen (secondary N) is 1. The van der Waals surface area contributed by atoms with Crippen molar-refractivity contribution in [3.05, 3.63) is 12.2 Å². The molecule has 0 aromatic carbocycles. The number of carbonyl (C=O) groups is 3. The summed E-state index contributed by atoms with van der Waals surface area (Å²) in [6.45, 7) is 5.03. The highest BCUT2D eigenvalue weighted by Crippen LogP contribution is 2.09. The van der Waals surface area contributed by atoms with Crippen LogP contribution in [0.25, 0.3) is 0 Å². The third kappa shape index (κ3) is 13.4. The number of carbonyl (C=O) groups excluding carboxylic acids is 2. The highest BCUT2D eigenvalue weighted by molar-refractivity contribution is 6.05. The first-order valence-corrected chi connectivity index (χ1v) is 10.0. The third-order valence-electron chi connectivity index (χ3n) is 3.79. The summed E-state index contributed by atoms with van der Waals surface area (Å²) >= 11 is 0. The first kappa shape index (κ1) is 21.3. The van der Waals surface area contributed by atoms with Crippen LogP contribution in [0.15, 0.2) is 17.1 Å². The smallest absolute Gasteiger partial charge is 0.437 e. The van der Waals surface area contributed by atoms with Crippen LogP contribution in [0, 0.1) is 0 Å². The van der Waals surface area contributed by atoms with Crippen molar-refractivity contribution >= 4 is 23.9 Å². The van der Waals surface area contributed by atoms with E-state index in [9.17, 15) is 19.5 Å². The molecule has 1 unspecified atom stereocenters. The summed E-state index contributed by atoms with van der Waals surface area (Å²) in [5.41, 5.74) is -0.921. The van der Waals surface area contributed by atoms with Gasteiger partial charge in [-0.05, 0) is 46.6 Å². The van der Waals surface area contributed by atoms with Crippen molar-refractivity contribution in [1.29, 1.82) is 0 Å². The van der Waals surface area contributed by atoms with Gasteiger partial charge in [0, 0.05) is 11.1 Å². The molecular formula is C21H37N3O5. The Morgan fingerprint density at radius 3 is 2.38 bits per heavy atom. The van der Waals surface area contributed by atoms with E-state index in [1.54, 1.807) is 26.8 Å². The van der Waals surface area contributed by atoms with Crippen LogP contribution in [0.4, 0.5) is 4.79 Å². The maximum absolute atomic E-state index is 12.3. The molecule has 0 aliphatic rings. The first-order valence-electron chi connectivity index (χ1n) is 11.5. The maximum atomic E-state index is 12.3. The number of aliphatic imine (C=N–C) groups is 1. The fourth-order valence-electron chi connectivity index (χ4n) is 2.19. The van der Waals surface area contributed by atoms with Crippen molar-refractivity contribution in [2.75, 3.05) is 6.98 Å². The maximum Gasteiger partial charge on any atom is 0.437 e. The minimum Gasteiger partial charge on any atom is -0.480 e. The second-order valence-corrected chi connectivity index (χ2v) is 7.75. The lowest BCUT2D eigenvalue weighted by atomic mass is 10.1. The van der Waals surface area contributed by atoms with Crippen LogP contribution in [-0.2, 0) is 14.3 Å². The van der Waals surface area contributed by atoms with Crippen molar-refractivity contribution in [2.24, 2.45) is 4.99 Å². The Kier molecular flexibility index (Phi) is 10.1. The van der Waals surface area contributed by atoms with E-state index < -0.39 is 42.5 Å². The monoisotopic (exact) mass is 414 g/mol. The van der Waals surface area contributed by atoms with Gasteiger partial charge in [0.05, 0.1) is 0 Å². The van der Waals surface area contributed by atoms with Crippen LogP contribution in [-0.4, -0.2) is 52.6 Å². The molecule has 0 saturated carbocycles. The Morgan fingerprint density at radius 2 is 1.83 bits per heavy atom. The molecule has 0 rings (SSSR count). The zero-order valence-electron chi connectivity index (χ0n) is 21.2. The quantitative estimate of drug-likeness (QED) is 0.241. The number of hydrogen-bond acceptors (Lipinski definition) is 4. The van der Waals surface area contributed by atoms with Crippen LogP contribution in [0.1, 0.15) is 83.7 Å². The largest absolute Gasteiger partial charge is 0.480 e. The Morgan fingerprint density at radius 1 is 1.21 bits per heavy atom. The third-order valence-corrected chi connectivity index (χ3v) is 3.79. The molecule has 0 aliphatic carbocycles. The van der Waals surface area contributed by atoms with E-state index in [2.05, 4.69) is 17.2 Å². The molecule has 2 amide bonds. The molecule has 0 spiro atoms. The second kappa shape index (κ2) is 13.7. The van der Waals surface area contributed by atoms with Gasteiger partial charge < -0.3 is 14.7 Å². The second-order valence-electron chi connectivity index (χ2n) is 7.75. The van der Waals surface area contributed by atoms with Gasteiger partial charge in [0.2, 0.25) is 11.9 Å². The number of ether oxygens (including phenoxy) is 1. The van der Waals surface area contributed by atoms with E-state index in [4.69, 9.17) is 8.85 Å². The number of rotatable bonds is 10. The Labute approximate surface area is 178 Å². The number of likely N-dealkylation sites (N-methyl/N-ethyl adjacent to an activating group) is 1. The average molecular weight is 415 g/mol. The minimum atomic E-state index is -2.99. The molecule has 29 heavy (non-hydrogen) atoms.